The second kappa shape index (κ2) is 10.3. The lowest BCUT2D eigenvalue weighted by atomic mass is 9.59. The molecule has 35 heavy (non-hydrogen) atoms. The number of rotatable bonds is 2. The summed E-state index contributed by atoms with van der Waals surface area (Å²) in [6, 6.07) is 9.53. The van der Waals surface area contributed by atoms with Gasteiger partial charge >= 0.3 is 5.97 Å². The van der Waals surface area contributed by atoms with E-state index in [1.807, 2.05) is 49.4 Å². The molecule has 6 heteroatoms. The van der Waals surface area contributed by atoms with Gasteiger partial charge in [0, 0.05) is 24.5 Å². The van der Waals surface area contributed by atoms with Gasteiger partial charge in [-0.25, -0.2) is 4.79 Å². The summed E-state index contributed by atoms with van der Waals surface area (Å²) in [5.74, 6) is -2.46. The fourth-order valence-electron chi connectivity index (χ4n) is 6.00. The lowest BCUT2D eigenvalue weighted by molar-refractivity contribution is -0.182. The predicted molar refractivity (Wildman–Crippen MR) is 133 cm³/mol. The molecule has 1 saturated heterocycles. The number of aliphatic hydroxyl groups is 1. The Kier molecular flexibility index (Phi) is 7.41. The lowest BCUT2D eigenvalue weighted by Crippen LogP contribution is -2.61. The highest BCUT2D eigenvalue weighted by atomic mass is 16.6. The third kappa shape index (κ3) is 4.90. The van der Waals surface area contributed by atoms with Crippen LogP contribution in [0.15, 0.2) is 66.8 Å². The predicted octanol–water partition coefficient (Wildman–Crippen LogP) is 3.70. The van der Waals surface area contributed by atoms with E-state index in [-0.39, 0.29) is 17.7 Å². The Labute approximate surface area is 207 Å². The quantitative estimate of drug-likeness (QED) is 0.501. The van der Waals surface area contributed by atoms with E-state index in [0.29, 0.717) is 24.3 Å². The Balaban J connectivity index is 1.79. The summed E-state index contributed by atoms with van der Waals surface area (Å²) < 4.78 is 6.01. The summed E-state index contributed by atoms with van der Waals surface area (Å²) in [6.45, 7) is 8.21. The molecule has 186 valence electrons. The van der Waals surface area contributed by atoms with Crippen molar-refractivity contribution in [1.82, 2.24) is 5.32 Å². The molecule has 0 bridgehead atoms. The van der Waals surface area contributed by atoms with Crippen molar-refractivity contribution < 1.29 is 24.2 Å². The highest BCUT2D eigenvalue weighted by Gasteiger charge is 2.67. The fourth-order valence-corrected chi connectivity index (χ4v) is 6.00. The molecule has 6 nitrogen and oxygen atoms in total. The summed E-state index contributed by atoms with van der Waals surface area (Å²) in [5.41, 5.74) is 0.0801. The molecule has 7 atom stereocenters. The minimum atomic E-state index is -1.60. The standard InChI is InChI=1S/C29H35NO5/c1-18-9-7-13-22(31)15-16-25(32)35-29-23(14-8-10-18)27(33)20(3)19(2)26(29)24(30-28(29)34)17-21-11-5-4-6-12-21/h4-6,8,11-12,14-16,18-19,23-24,26-27,33H,3,7,9-10,13,17H2,1-2H3,(H,30,34)/b14-8+,16-15-/t18-,19-,23+,24+,26+,27-,29-/m1/s1. The highest BCUT2D eigenvalue weighted by molar-refractivity contribution is 5.98. The molecule has 1 aliphatic carbocycles. The van der Waals surface area contributed by atoms with E-state index < -0.39 is 35.4 Å². The number of allylic oxidation sites excluding steroid dienone is 2. The number of amides is 1. The zero-order valence-electron chi connectivity index (χ0n) is 20.5. The minimum Gasteiger partial charge on any atom is -0.445 e. The van der Waals surface area contributed by atoms with Gasteiger partial charge in [-0.1, -0.05) is 62.9 Å². The van der Waals surface area contributed by atoms with Crippen molar-refractivity contribution in [3.63, 3.8) is 0 Å². The number of ketones is 1. The molecular weight excluding hydrogens is 442 g/mol. The summed E-state index contributed by atoms with van der Waals surface area (Å²) in [4.78, 5) is 38.9. The molecule has 0 aromatic heterocycles. The van der Waals surface area contributed by atoms with Crippen molar-refractivity contribution in [1.29, 1.82) is 0 Å². The number of carbonyl (C=O) groups is 3. The third-order valence-electron chi connectivity index (χ3n) is 7.91. The summed E-state index contributed by atoms with van der Waals surface area (Å²) in [5, 5.41) is 14.4. The van der Waals surface area contributed by atoms with Crippen molar-refractivity contribution in [3.05, 3.63) is 72.4 Å². The number of carbonyl (C=O) groups excluding carboxylic acids is 3. The maximum Gasteiger partial charge on any atom is 0.331 e. The van der Waals surface area contributed by atoms with Crippen LogP contribution in [0.4, 0.5) is 0 Å². The summed E-state index contributed by atoms with van der Waals surface area (Å²) >= 11 is 0. The second-order valence-corrected chi connectivity index (χ2v) is 10.3. The van der Waals surface area contributed by atoms with Gasteiger partial charge in [0.15, 0.2) is 5.78 Å². The van der Waals surface area contributed by atoms with Crippen molar-refractivity contribution in [2.45, 2.75) is 63.7 Å². The number of ether oxygens (including phenoxy) is 1. The van der Waals surface area contributed by atoms with Crippen LogP contribution in [0.25, 0.3) is 0 Å². The molecule has 1 spiro atoms. The maximum absolute atomic E-state index is 13.7. The Bertz CT molecular complexity index is 1040. The Morgan fingerprint density at radius 3 is 2.63 bits per heavy atom. The molecule has 0 radical (unpaired) electrons. The molecule has 1 aromatic carbocycles. The molecule has 2 fully saturated rings. The number of hydrogen-bond acceptors (Lipinski definition) is 5. The molecule has 2 aliphatic heterocycles. The Hall–Kier alpha value is -2.99. The van der Waals surface area contributed by atoms with E-state index >= 15 is 0 Å². The van der Waals surface area contributed by atoms with E-state index in [1.54, 1.807) is 0 Å². The van der Waals surface area contributed by atoms with Crippen LogP contribution in [0, 0.1) is 23.7 Å². The SMILES string of the molecule is C=C1[C@@H](C)[C@H]2[C@H](Cc3ccccc3)NC(=O)[C@]23OC(=O)/C=C\C(=O)CCC[C@@H](C)C/C=C/[C@H]3[C@@H]1O. The van der Waals surface area contributed by atoms with Gasteiger partial charge in [0.1, 0.15) is 0 Å². The molecule has 2 N–H and O–H groups in total. The van der Waals surface area contributed by atoms with Crippen molar-refractivity contribution in [2.24, 2.45) is 23.7 Å². The van der Waals surface area contributed by atoms with Crippen LogP contribution in [-0.2, 0) is 25.5 Å². The van der Waals surface area contributed by atoms with E-state index in [0.717, 1.165) is 30.9 Å². The first-order chi connectivity index (χ1) is 16.7. The molecule has 1 saturated carbocycles. The zero-order valence-corrected chi connectivity index (χ0v) is 20.5. The summed E-state index contributed by atoms with van der Waals surface area (Å²) in [6.07, 6.45) is 8.39. The molecule has 1 aromatic rings. The van der Waals surface area contributed by atoms with Crippen LogP contribution >= 0.6 is 0 Å². The lowest BCUT2D eigenvalue weighted by Gasteiger charge is -2.49. The van der Waals surface area contributed by atoms with Crippen LogP contribution in [0.2, 0.25) is 0 Å². The van der Waals surface area contributed by atoms with E-state index in [9.17, 15) is 19.5 Å². The van der Waals surface area contributed by atoms with Gasteiger partial charge in [0.05, 0.1) is 12.0 Å². The largest absolute Gasteiger partial charge is 0.445 e. The van der Waals surface area contributed by atoms with Gasteiger partial charge in [-0.3, -0.25) is 9.59 Å². The topological polar surface area (TPSA) is 92.7 Å². The maximum atomic E-state index is 13.7. The average Bonchev–Trinajstić information content (AvgIpc) is 3.09. The molecule has 4 rings (SSSR count). The second-order valence-electron chi connectivity index (χ2n) is 10.3. The minimum absolute atomic E-state index is 0.143. The van der Waals surface area contributed by atoms with Crippen LogP contribution in [0.3, 0.4) is 0 Å². The molecule has 0 unspecified atom stereocenters. The van der Waals surface area contributed by atoms with Gasteiger partial charge < -0.3 is 15.2 Å². The number of aliphatic hydroxyl groups excluding tert-OH is 1. The average molecular weight is 478 g/mol. The number of hydrogen-bond donors (Lipinski definition) is 2. The normalized spacial score (nSPS) is 37.9. The van der Waals surface area contributed by atoms with Crippen molar-refractivity contribution >= 4 is 17.7 Å². The Morgan fingerprint density at radius 1 is 1.14 bits per heavy atom. The van der Waals surface area contributed by atoms with Crippen LogP contribution in [0.1, 0.15) is 45.1 Å². The monoisotopic (exact) mass is 477 g/mol. The molecule has 3 aliphatic rings. The number of benzene rings is 1. The van der Waals surface area contributed by atoms with E-state index in [4.69, 9.17) is 4.74 Å². The van der Waals surface area contributed by atoms with Crippen molar-refractivity contribution in [2.75, 3.05) is 0 Å². The number of esters is 1. The summed E-state index contributed by atoms with van der Waals surface area (Å²) in [7, 11) is 0. The Morgan fingerprint density at radius 2 is 1.89 bits per heavy atom. The third-order valence-corrected chi connectivity index (χ3v) is 7.91. The van der Waals surface area contributed by atoms with Crippen LogP contribution in [-0.4, -0.2) is 40.5 Å². The first-order valence-electron chi connectivity index (χ1n) is 12.6. The van der Waals surface area contributed by atoms with E-state index in [1.165, 1.54) is 6.08 Å². The van der Waals surface area contributed by atoms with Crippen molar-refractivity contribution in [3.8, 4) is 0 Å². The molecule has 2 heterocycles. The first kappa shape index (κ1) is 25.1. The molecular formula is C29H35NO5. The highest BCUT2D eigenvalue weighted by Crippen LogP contribution is 2.52. The first-order valence-corrected chi connectivity index (χ1v) is 12.6. The van der Waals surface area contributed by atoms with Crippen LogP contribution in [0.5, 0.6) is 0 Å². The van der Waals surface area contributed by atoms with Gasteiger partial charge in [0.2, 0.25) is 5.60 Å². The van der Waals surface area contributed by atoms with Gasteiger partial charge in [-0.2, -0.15) is 0 Å². The molecule has 1 amide bonds. The fraction of sp³-hybridized carbons (Fsp3) is 0.483. The number of nitrogens with one attached hydrogen (secondary N) is 1. The van der Waals surface area contributed by atoms with Gasteiger partial charge in [-0.15, -0.1) is 0 Å². The van der Waals surface area contributed by atoms with Gasteiger partial charge in [0.25, 0.3) is 5.91 Å². The van der Waals surface area contributed by atoms with Gasteiger partial charge in [-0.05, 0) is 54.7 Å². The smallest absolute Gasteiger partial charge is 0.331 e. The zero-order chi connectivity index (χ0) is 25.2. The van der Waals surface area contributed by atoms with E-state index in [2.05, 4.69) is 18.8 Å². The van der Waals surface area contributed by atoms with Crippen LogP contribution < -0.4 is 5.32 Å².